The molecule has 100 valence electrons. The van der Waals surface area contributed by atoms with E-state index < -0.39 is 0 Å². The Labute approximate surface area is 115 Å². The summed E-state index contributed by atoms with van der Waals surface area (Å²) in [4.78, 5) is 4.04. The van der Waals surface area contributed by atoms with Crippen molar-refractivity contribution in [1.82, 2.24) is 10.3 Å². The van der Waals surface area contributed by atoms with Gasteiger partial charge in [0.25, 0.3) is 0 Å². The van der Waals surface area contributed by atoms with Crippen molar-refractivity contribution >= 4 is 0 Å². The van der Waals surface area contributed by atoms with Gasteiger partial charge >= 0.3 is 0 Å². The van der Waals surface area contributed by atoms with Gasteiger partial charge in [0.2, 0.25) is 0 Å². The lowest BCUT2D eigenvalue weighted by molar-refractivity contribution is 0.574. The van der Waals surface area contributed by atoms with Crippen molar-refractivity contribution in [3.05, 3.63) is 65.5 Å². The van der Waals surface area contributed by atoms with Gasteiger partial charge in [-0.3, -0.25) is 4.98 Å². The zero-order chi connectivity index (χ0) is 13.7. The summed E-state index contributed by atoms with van der Waals surface area (Å²) in [6, 6.07) is 13.3. The van der Waals surface area contributed by atoms with Crippen LogP contribution in [0.1, 0.15) is 49.4 Å². The van der Waals surface area contributed by atoms with Crippen LogP contribution in [0.4, 0.5) is 0 Å². The summed E-state index contributed by atoms with van der Waals surface area (Å²) >= 11 is 0. The Balaban J connectivity index is 1.92. The third-order valence-electron chi connectivity index (χ3n) is 3.46. The number of pyridine rings is 1. The van der Waals surface area contributed by atoms with E-state index in [0.29, 0.717) is 12.0 Å². The molecule has 0 aliphatic carbocycles. The molecule has 0 fully saturated rings. The lowest BCUT2D eigenvalue weighted by Crippen LogP contribution is -2.18. The second-order valence-corrected chi connectivity index (χ2v) is 5.28. The highest BCUT2D eigenvalue weighted by Crippen LogP contribution is 2.16. The van der Waals surface area contributed by atoms with E-state index in [4.69, 9.17) is 0 Å². The van der Waals surface area contributed by atoms with E-state index >= 15 is 0 Å². The molecule has 0 spiro atoms. The zero-order valence-corrected chi connectivity index (χ0v) is 11.9. The van der Waals surface area contributed by atoms with Crippen LogP contribution in [0.2, 0.25) is 0 Å². The number of nitrogens with one attached hydrogen (secondary N) is 1. The number of aromatic nitrogens is 1. The minimum absolute atomic E-state index is 0.341. The second kappa shape index (κ2) is 6.48. The van der Waals surface area contributed by atoms with Crippen LogP contribution in [0.5, 0.6) is 0 Å². The normalized spacial score (nSPS) is 12.6. The summed E-state index contributed by atoms with van der Waals surface area (Å²) in [5.41, 5.74) is 3.99. The summed E-state index contributed by atoms with van der Waals surface area (Å²) in [7, 11) is 0. The van der Waals surface area contributed by atoms with Gasteiger partial charge in [-0.15, -0.1) is 0 Å². The molecular weight excluding hydrogens is 232 g/mol. The van der Waals surface area contributed by atoms with Gasteiger partial charge in [0.1, 0.15) is 0 Å². The molecule has 0 saturated heterocycles. The average molecular weight is 254 g/mol. The Morgan fingerprint density at radius 1 is 0.895 bits per heavy atom. The van der Waals surface area contributed by atoms with Crippen molar-refractivity contribution in [1.29, 1.82) is 0 Å². The Morgan fingerprint density at radius 3 is 2.11 bits per heavy atom. The maximum absolute atomic E-state index is 4.04. The monoisotopic (exact) mass is 254 g/mol. The minimum atomic E-state index is 0.341. The van der Waals surface area contributed by atoms with Gasteiger partial charge in [-0.25, -0.2) is 0 Å². The van der Waals surface area contributed by atoms with Crippen molar-refractivity contribution in [2.24, 2.45) is 0 Å². The third-order valence-corrected chi connectivity index (χ3v) is 3.46. The molecule has 2 nitrogen and oxygen atoms in total. The molecule has 1 unspecified atom stereocenters. The SMILES string of the molecule is CC(C)c1ccc(CNC(C)c2ccncc2)cc1. The Hall–Kier alpha value is -1.67. The quantitative estimate of drug-likeness (QED) is 0.870. The minimum Gasteiger partial charge on any atom is -0.306 e. The fourth-order valence-electron chi connectivity index (χ4n) is 2.06. The second-order valence-electron chi connectivity index (χ2n) is 5.28. The lowest BCUT2D eigenvalue weighted by atomic mass is 10.0. The van der Waals surface area contributed by atoms with Crippen molar-refractivity contribution in [3.8, 4) is 0 Å². The number of hydrogen-bond donors (Lipinski definition) is 1. The molecule has 1 N–H and O–H groups in total. The molecule has 1 aromatic heterocycles. The van der Waals surface area contributed by atoms with Gasteiger partial charge in [-0.05, 0) is 41.7 Å². The molecule has 19 heavy (non-hydrogen) atoms. The summed E-state index contributed by atoms with van der Waals surface area (Å²) in [6.07, 6.45) is 3.68. The largest absolute Gasteiger partial charge is 0.306 e. The van der Waals surface area contributed by atoms with E-state index in [2.05, 4.69) is 67.5 Å². The molecule has 1 heterocycles. The molecule has 0 aliphatic rings. The van der Waals surface area contributed by atoms with Gasteiger partial charge in [0.15, 0.2) is 0 Å². The highest BCUT2D eigenvalue weighted by atomic mass is 14.9. The first-order valence-corrected chi connectivity index (χ1v) is 6.89. The summed E-state index contributed by atoms with van der Waals surface area (Å²) < 4.78 is 0. The first-order chi connectivity index (χ1) is 9.16. The fraction of sp³-hybridized carbons (Fsp3) is 0.353. The first kappa shape index (κ1) is 13.8. The number of nitrogens with zero attached hydrogens (tertiary/aromatic N) is 1. The predicted molar refractivity (Wildman–Crippen MR) is 80.0 cm³/mol. The Morgan fingerprint density at radius 2 is 1.53 bits per heavy atom. The average Bonchev–Trinajstić information content (AvgIpc) is 2.46. The maximum Gasteiger partial charge on any atom is 0.0296 e. The highest BCUT2D eigenvalue weighted by molar-refractivity contribution is 5.25. The molecule has 0 radical (unpaired) electrons. The smallest absolute Gasteiger partial charge is 0.0296 e. The van der Waals surface area contributed by atoms with Gasteiger partial charge in [-0.2, -0.15) is 0 Å². The molecule has 0 bridgehead atoms. The molecule has 0 amide bonds. The fourth-order valence-corrected chi connectivity index (χ4v) is 2.06. The molecule has 2 aromatic rings. The third kappa shape index (κ3) is 3.90. The first-order valence-electron chi connectivity index (χ1n) is 6.89. The van der Waals surface area contributed by atoms with Gasteiger partial charge in [-0.1, -0.05) is 38.1 Å². The van der Waals surface area contributed by atoms with Crippen molar-refractivity contribution in [2.45, 2.75) is 39.3 Å². The molecule has 1 aromatic carbocycles. The van der Waals surface area contributed by atoms with Crippen molar-refractivity contribution < 1.29 is 0 Å². The summed E-state index contributed by atoms with van der Waals surface area (Å²) in [6.45, 7) is 7.51. The van der Waals surface area contributed by atoms with E-state index in [1.807, 2.05) is 12.4 Å². The topological polar surface area (TPSA) is 24.9 Å². The van der Waals surface area contributed by atoms with Crippen LogP contribution in [-0.4, -0.2) is 4.98 Å². The van der Waals surface area contributed by atoms with Crippen LogP contribution >= 0.6 is 0 Å². The Bertz CT molecular complexity index is 488. The lowest BCUT2D eigenvalue weighted by Gasteiger charge is -2.14. The van der Waals surface area contributed by atoms with E-state index in [-0.39, 0.29) is 0 Å². The molecular formula is C17H22N2. The van der Waals surface area contributed by atoms with Crippen LogP contribution in [0.15, 0.2) is 48.8 Å². The molecule has 2 rings (SSSR count). The molecule has 2 heteroatoms. The highest BCUT2D eigenvalue weighted by Gasteiger charge is 2.04. The van der Waals surface area contributed by atoms with Crippen LogP contribution < -0.4 is 5.32 Å². The molecule has 1 atom stereocenters. The zero-order valence-electron chi connectivity index (χ0n) is 11.9. The van der Waals surface area contributed by atoms with Crippen LogP contribution in [-0.2, 0) is 6.54 Å². The number of hydrogen-bond acceptors (Lipinski definition) is 2. The summed E-state index contributed by atoms with van der Waals surface area (Å²) in [5.74, 6) is 0.595. The van der Waals surface area contributed by atoms with Crippen molar-refractivity contribution in [3.63, 3.8) is 0 Å². The number of benzene rings is 1. The van der Waals surface area contributed by atoms with E-state index in [0.717, 1.165) is 6.54 Å². The van der Waals surface area contributed by atoms with Crippen LogP contribution in [0.25, 0.3) is 0 Å². The van der Waals surface area contributed by atoms with Crippen molar-refractivity contribution in [2.75, 3.05) is 0 Å². The maximum atomic E-state index is 4.04. The van der Waals surface area contributed by atoms with E-state index in [1.54, 1.807) is 0 Å². The molecule has 0 saturated carbocycles. The number of rotatable bonds is 5. The van der Waals surface area contributed by atoms with Gasteiger partial charge in [0, 0.05) is 25.0 Å². The predicted octanol–water partition coefficient (Wildman–Crippen LogP) is 4.06. The van der Waals surface area contributed by atoms with E-state index in [1.165, 1.54) is 16.7 Å². The Kier molecular flexibility index (Phi) is 4.69. The van der Waals surface area contributed by atoms with E-state index in [9.17, 15) is 0 Å². The van der Waals surface area contributed by atoms with Crippen LogP contribution in [0, 0.1) is 0 Å². The van der Waals surface area contributed by atoms with Gasteiger partial charge in [0.05, 0.1) is 0 Å². The standard InChI is InChI=1S/C17H22N2/c1-13(2)16-6-4-15(5-7-16)12-19-14(3)17-8-10-18-11-9-17/h4-11,13-14,19H,12H2,1-3H3. The summed E-state index contributed by atoms with van der Waals surface area (Å²) in [5, 5.41) is 3.54. The van der Waals surface area contributed by atoms with Gasteiger partial charge < -0.3 is 5.32 Å². The molecule has 0 aliphatic heterocycles. The van der Waals surface area contributed by atoms with Crippen LogP contribution in [0.3, 0.4) is 0 Å².